The maximum atomic E-state index is 11.9. The molecule has 1 saturated heterocycles. The maximum absolute atomic E-state index is 11.9. The van der Waals surface area contributed by atoms with E-state index in [1.54, 1.807) is 0 Å². The predicted molar refractivity (Wildman–Crippen MR) is 104 cm³/mol. The first-order valence-corrected chi connectivity index (χ1v) is 9.82. The number of ether oxygens (including phenoxy) is 2. The Bertz CT molecular complexity index is 592. The number of anilines is 1. The molecule has 1 aliphatic carbocycles. The summed E-state index contributed by atoms with van der Waals surface area (Å²) in [5, 5.41) is 6.13. The molecule has 0 spiro atoms. The number of hydrogen-bond acceptors (Lipinski definition) is 4. The zero-order valence-corrected chi connectivity index (χ0v) is 15.5. The minimum absolute atomic E-state index is 0.0279. The van der Waals surface area contributed by atoms with Gasteiger partial charge in [-0.1, -0.05) is 11.6 Å². The van der Waals surface area contributed by atoms with Crippen molar-refractivity contribution in [3.63, 3.8) is 0 Å². The highest BCUT2D eigenvalue weighted by atomic mass is 16.5. The summed E-state index contributed by atoms with van der Waals surface area (Å²) in [6.07, 6.45) is 10.7. The van der Waals surface area contributed by atoms with Crippen molar-refractivity contribution in [1.82, 2.24) is 5.32 Å². The van der Waals surface area contributed by atoms with Gasteiger partial charge in [0, 0.05) is 18.8 Å². The van der Waals surface area contributed by atoms with E-state index < -0.39 is 0 Å². The number of carbonyl (C=O) groups excluding carboxylic acids is 1. The van der Waals surface area contributed by atoms with Gasteiger partial charge in [0.1, 0.15) is 12.4 Å². The van der Waals surface area contributed by atoms with Crippen LogP contribution < -0.4 is 15.4 Å². The van der Waals surface area contributed by atoms with Crippen LogP contribution in [0.5, 0.6) is 5.75 Å². The number of amides is 1. The Hall–Kier alpha value is -2.01. The summed E-state index contributed by atoms with van der Waals surface area (Å²) < 4.78 is 11.3. The van der Waals surface area contributed by atoms with Crippen molar-refractivity contribution >= 4 is 11.6 Å². The van der Waals surface area contributed by atoms with Gasteiger partial charge in [-0.2, -0.15) is 0 Å². The lowest BCUT2D eigenvalue weighted by Crippen LogP contribution is -2.30. The molecule has 5 heteroatoms. The van der Waals surface area contributed by atoms with Crippen molar-refractivity contribution in [2.75, 3.05) is 31.6 Å². The molecule has 1 aliphatic heterocycles. The summed E-state index contributed by atoms with van der Waals surface area (Å²) in [6.45, 7) is 2.46. The summed E-state index contributed by atoms with van der Waals surface area (Å²) in [4.78, 5) is 11.9. The van der Waals surface area contributed by atoms with Gasteiger partial charge in [-0.25, -0.2) is 0 Å². The molecule has 0 saturated carbocycles. The molecule has 142 valence electrons. The third kappa shape index (κ3) is 6.37. The van der Waals surface area contributed by atoms with Crippen LogP contribution in [-0.4, -0.2) is 38.3 Å². The van der Waals surface area contributed by atoms with Crippen molar-refractivity contribution in [3.05, 3.63) is 35.9 Å². The van der Waals surface area contributed by atoms with Gasteiger partial charge in [-0.3, -0.25) is 4.79 Å². The van der Waals surface area contributed by atoms with Crippen LogP contribution in [0.4, 0.5) is 5.69 Å². The van der Waals surface area contributed by atoms with Crippen LogP contribution >= 0.6 is 0 Å². The van der Waals surface area contributed by atoms with Crippen molar-refractivity contribution in [3.8, 4) is 5.75 Å². The Morgan fingerprint density at radius 2 is 2.08 bits per heavy atom. The molecule has 2 N–H and O–H groups in total. The summed E-state index contributed by atoms with van der Waals surface area (Å²) in [5.41, 5.74) is 2.41. The number of carbonyl (C=O) groups is 1. The Balaban J connectivity index is 1.30. The second kappa shape index (κ2) is 10.2. The highest BCUT2D eigenvalue weighted by Crippen LogP contribution is 2.20. The van der Waals surface area contributed by atoms with Crippen molar-refractivity contribution in [2.45, 2.75) is 51.0 Å². The first-order valence-electron chi connectivity index (χ1n) is 9.82. The number of allylic oxidation sites excluding steroid dienone is 1. The number of benzene rings is 1. The average molecular weight is 358 g/mol. The first kappa shape index (κ1) is 18.8. The maximum Gasteiger partial charge on any atom is 0.239 e. The van der Waals surface area contributed by atoms with Crippen LogP contribution in [0.1, 0.15) is 44.9 Å². The molecule has 0 bridgehead atoms. The Labute approximate surface area is 156 Å². The topological polar surface area (TPSA) is 59.6 Å². The quantitative estimate of drug-likeness (QED) is 0.662. The molecular weight excluding hydrogens is 328 g/mol. The molecule has 1 aromatic rings. The minimum atomic E-state index is 0.0279. The monoisotopic (exact) mass is 358 g/mol. The molecule has 26 heavy (non-hydrogen) atoms. The zero-order valence-electron chi connectivity index (χ0n) is 15.5. The van der Waals surface area contributed by atoms with Crippen LogP contribution in [-0.2, 0) is 9.53 Å². The van der Waals surface area contributed by atoms with E-state index in [1.807, 2.05) is 24.3 Å². The Kier molecular flexibility index (Phi) is 7.37. The SMILES string of the molecule is O=C(CNc1ccc(OCC2CCCO2)cc1)NCCC1=CCCCC1. The van der Waals surface area contributed by atoms with E-state index in [-0.39, 0.29) is 18.6 Å². The fraction of sp³-hybridized carbons (Fsp3) is 0.571. The molecule has 1 amide bonds. The molecule has 0 radical (unpaired) electrons. The van der Waals surface area contributed by atoms with E-state index in [0.29, 0.717) is 6.61 Å². The van der Waals surface area contributed by atoms with Gasteiger partial charge in [0.2, 0.25) is 5.91 Å². The van der Waals surface area contributed by atoms with E-state index in [1.165, 1.54) is 31.3 Å². The second-order valence-corrected chi connectivity index (χ2v) is 7.03. The fourth-order valence-corrected chi connectivity index (χ4v) is 3.37. The summed E-state index contributed by atoms with van der Waals surface area (Å²) in [6, 6.07) is 7.71. The molecule has 2 aliphatic rings. The lowest BCUT2D eigenvalue weighted by atomic mass is 9.97. The number of rotatable bonds is 9. The van der Waals surface area contributed by atoms with Gasteiger partial charge < -0.3 is 20.1 Å². The number of hydrogen-bond donors (Lipinski definition) is 2. The van der Waals surface area contributed by atoms with E-state index in [4.69, 9.17) is 9.47 Å². The second-order valence-electron chi connectivity index (χ2n) is 7.03. The van der Waals surface area contributed by atoms with Crippen LogP contribution in [0.3, 0.4) is 0 Å². The van der Waals surface area contributed by atoms with Crippen molar-refractivity contribution < 1.29 is 14.3 Å². The van der Waals surface area contributed by atoms with Crippen molar-refractivity contribution in [1.29, 1.82) is 0 Å². The first-order chi connectivity index (χ1) is 12.8. The summed E-state index contributed by atoms with van der Waals surface area (Å²) >= 11 is 0. The van der Waals surface area contributed by atoms with Gasteiger partial charge in [0.05, 0.1) is 12.6 Å². The third-order valence-electron chi connectivity index (χ3n) is 4.92. The van der Waals surface area contributed by atoms with Gasteiger partial charge in [-0.15, -0.1) is 0 Å². The predicted octanol–water partition coefficient (Wildman–Crippen LogP) is 3.66. The molecule has 1 atom stereocenters. The van der Waals surface area contributed by atoms with Crippen LogP contribution in [0.15, 0.2) is 35.9 Å². The largest absolute Gasteiger partial charge is 0.491 e. The lowest BCUT2D eigenvalue weighted by Gasteiger charge is -2.13. The molecule has 1 unspecified atom stereocenters. The standard InChI is InChI=1S/C21H30N2O3/c24-21(22-13-12-17-5-2-1-3-6-17)15-23-18-8-10-19(11-9-18)26-16-20-7-4-14-25-20/h5,8-11,20,23H,1-4,6-7,12-16H2,(H,22,24). The van der Waals surface area contributed by atoms with Gasteiger partial charge >= 0.3 is 0 Å². The lowest BCUT2D eigenvalue weighted by molar-refractivity contribution is -0.119. The minimum Gasteiger partial charge on any atom is -0.491 e. The van der Waals surface area contributed by atoms with E-state index in [2.05, 4.69) is 16.7 Å². The van der Waals surface area contributed by atoms with Crippen molar-refractivity contribution in [2.24, 2.45) is 0 Å². The smallest absolute Gasteiger partial charge is 0.239 e. The highest BCUT2D eigenvalue weighted by Gasteiger charge is 2.15. The molecular formula is C21H30N2O3. The van der Waals surface area contributed by atoms with E-state index in [9.17, 15) is 4.79 Å². The zero-order chi connectivity index (χ0) is 18.0. The average Bonchev–Trinajstić information content (AvgIpc) is 3.20. The molecule has 0 aromatic heterocycles. The summed E-state index contributed by atoms with van der Waals surface area (Å²) in [7, 11) is 0. The molecule has 3 rings (SSSR count). The van der Waals surface area contributed by atoms with Gasteiger partial charge in [0.15, 0.2) is 0 Å². The highest BCUT2D eigenvalue weighted by molar-refractivity contribution is 5.80. The number of nitrogens with one attached hydrogen (secondary N) is 2. The Morgan fingerprint density at radius 3 is 2.81 bits per heavy atom. The molecule has 1 aromatic carbocycles. The third-order valence-corrected chi connectivity index (χ3v) is 4.92. The summed E-state index contributed by atoms with van der Waals surface area (Å²) in [5.74, 6) is 0.858. The molecule has 5 nitrogen and oxygen atoms in total. The van der Waals surface area contributed by atoms with E-state index >= 15 is 0 Å². The fourth-order valence-electron chi connectivity index (χ4n) is 3.37. The van der Waals surface area contributed by atoms with Crippen LogP contribution in [0, 0.1) is 0 Å². The van der Waals surface area contributed by atoms with Gasteiger partial charge in [0.25, 0.3) is 0 Å². The van der Waals surface area contributed by atoms with Crippen LogP contribution in [0.2, 0.25) is 0 Å². The van der Waals surface area contributed by atoms with E-state index in [0.717, 1.165) is 43.9 Å². The van der Waals surface area contributed by atoms with Gasteiger partial charge in [-0.05, 0) is 69.2 Å². The molecule has 1 fully saturated rings. The Morgan fingerprint density at radius 1 is 1.19 bits per heavy atom. The normalized spacial score (nSPS) is 19.7. The molecule has 1 heterocycles. The van der Waals surface area contributed by atoms with Crippen LogP contribution in [0.25, 0.3) is 0 Å².